The molecule has 0 spiro atoms. The van der Waals surface area contributed by atoms with Crippen LogP contribution in [0.1, 0.15) is 106 Å². The minimum absolute atomic E-state index is 0.0467. The van der Waals surface area contributed by atoms with E-state index in [9.17, 15) is 32.4 Å². The quantitative estimate of drug-likeness (QED) is 0.206. The first kappa shape index (κ1) is 37.8. The zero-order valence-corrected chi connectivity index (χ0v) is 29.7. The van der Waals surface area contributed by atoms with Gasteiger partial charge in [0, 0.05) is 19.3 Å². The lowest BCUT2D eigenvalue weighted by atomic mass is 9.83. The molecule has 12 nitrogen and oxygen atoms in total. The standard InChI is InChI=1S/C33H57N5O7S/c1-8-17-34-29(41)26(39)24(19-22-12-13-22)35-28(40)25-23(21(2)3)14-18-38(25)30(42)27(32(4,5)6)36-31(43)37-33(20-46(7,44)45)15-10-9-11-16-33/h21-25,27H,8-20H2,1-7H3,(H,34,41)(H,35,40)(H2,36,37,43)/t23?,24?,25-,27+/m0/s1. The lowest BCUT2D eigenvalue weighted by Gasteiger charge is -2.40. The number of likely N-dealkylation sites (tertiary alicyclic amines) is 1. The van der Waals surface area contributed by atoms with Gasteiger partial charge in [0.1, 0.15) is 21.9 Å². The Kier molecular flexibility index (Phi) is 12.7. The maximum absolute atomic E-state index is 14.3. The molecule has 0 aromatic carbocycles. The number of hydrogen-bond donors (Lipinski definition) is 4. The summed E-state index contributed by atoms with van der Waals surface area (Å²) in [5.41, 5.74) is -1.66. The normalized spacial score (nSPS) is 22.9. The Bertz CT molecular complexity index is 1240. The fourth-order valence-electron chi connectivity index (χ4n) is 7.02. The van der Waals surface area contributed by atoms with Crippen molar-refractivity contribution in [1.82, 2.24) is 26.2 Å². The van der Waals surface area contributed by atoms with Gasteiger partial charge >= 0.3 is 6.03 Å². The van der Waals surface area contributed by atoms with Crippen molar-refractivity contribution in [2.24, 2.45) is 23.2 Å². The van der Waals surface area contributed by atoms with Crippen LogP contribution in [0.2, 0.25) is 0 Å². The minimum Gasteiger partial charge on any atom is -0.349 e. The monoisotopic (exact) mass is 667 g/mol. The smallest absolute Gasteiger partial charge is 0.315 e. The Morgan fingerprint density at radius 2 is 1.59 bits per heavy atom. The molecular formula is C33H57N5O7S. The predicted molar refractivity (Wildman–Crippen MR) is 176 cm³/mol. The van der Waals surface area contributed by atoms with Gasteiger partial charge in [-0.05, 0) is 55.3 Å². The minimum atomic E-state index is -3.39. The van der Waals surface area contributed by atoms with E-state index in [2.05, 4.69) is 21.3 Å². The second kappa shape index (κ2) is 15.5. The molecule has 5 amide bonds. The highest BCUT2D eigenvalue weighted by Gasteiger charge is 2.48. The fraction of sp³-hybridized carbons (Fsp3) is 0.848. The van der Waals surface area contributed by atoms with Crippen LogP contribution in [0.15, 0.2) is 0 Å². The molecule has 0 aromatic heterocycles. The zero-order valence-electron chi connectivity index (χ0n) is 28.9. The van der Waals surface area contributed by atoms with Crippen molar-refractivity contribution < 1.29 is 32.4 Å². The van der Waals surface area contributed by atoms with Gasteiger partial charge < -0.3 is 26.2 Å². The van der Waals surface area contributed by atoms with Crippen LogP contribution in [-0.2, 0) is 29.0 Å². The van der Waals surface area contributed by atoms with Crippen LogP contribution in [0.5, 0.6) is 0 Å². The van der Waals surface area contributed by atoms with E-state index in [0.717, 1.165) is 38.4 Å². The largest absolute Gasteiger partial charge is 0.349 e. The number of sulfone groups is 1. The molecule has 2 unspecified atom stereocenters. The number of nitrogens with zero attached hydrogens (tertiary/aromatic N) is 1. The zero-order chi connectivity index (χ0) is 34.4. The third kappa shape index (κ3) is 10.4. The van der Waals surface area contributed by atoms with Gasteiger partial charge in [0.15, 0.2) is 0 Å². The van der Waals surface area contributed by atoms with Crippen LogP contribution in [0.3, 0.4) is 0 Å². The number of Topliss-reactive ketones (excluding diaryl/α,β-unsaturated/α-hetero) is 1. The molecule has 2 saturated carbocycles. The molecule has 0 bridgehead atoms. The summed E-state index contributed by atoms with van der Waals surface area (Å²) in [5.74, 6) is -2.35. The van der Waals surface area contributed by atoms with Crippen LogP contribution in [0.4, 0.5) is 4.79 Å². The first-order valence-electron chi connectivity index (χ1n) is 17.1. The van der Waals surface area contributed by atoms with Gasteiger partial charge in [-0.3, -0.25) is 19.2 Å². The molecule has 0 radical (unpaired) electrons. The first-order valence-corrected chi connectivity index (χ1v) is 19.1. The van der Waals surface area contributed by atoms with Crippen molar-refractivity contribution >= 4 is 39.4 Å². The van der Waals surface area contributed by atoms with Gasteiger partial charge in [-0.25, -0.2) is 13.2 Å². The van der Waals surface area contributed by atoms with E-state index in [1.54, 1.807) is 0 Å². The molecule has 4 N–H and O–H groups in total. The van der Waals surface area contributed by atoms with Gasteiger partial charge in [0.25, 0.3) is 5.91 Å². The van der Waals surface area contributed by atoms with Crippen LogP contribution in [0, 0.1) is 23.2 Å². The number of rotatable bonds is 14. The molecule has 3 rings (SSSR count). The third-order valence-electron chi connectivity index (χ3n) is 9.63. The Hall–Kier alpha value is -2.70. The summed E-state index contributed by atoms with van der Waals surface area (Å²) in [6, 6.07) is -3.50. The number of ketones is 1. The maximum atomic E-state index is 14.3. The Labute approximate surface area is 275 Å². The van der Waals surface area contributed by atoms with E-state index >= 15 is 0 Å². The number of urea groups is 1. The highest BCUT2D eigenvalue weighted by Crippen LogP contribution is 2.36. The van der Waals surface area contributed by atoms with E-state index in [1.165, 1.54) is 4.90 Å². The molecule has 1 heterocycles. The molecule has 1 saturated heterocycles. The second-order valence-electron chi connectivity index (χ2n) is 15.3. The number of amides is 5. The molecular weight excluding hydrogens is 610 g/mol. The van der Waals surface area contributed by atoms with E-state index in [1.807, 2.05) is 41.5 Å². The first-order chi connectivity index (χ1) is 21.4. The number of hydrogen-bond acceptors (Lipinski definition) is 7. The van der Waals surface area contributed by atoms with Crippen molar-refractivity contribution in [1.29, 1.82) is 0 Å². The van der Waals surface area contributed by atoms with Crippen LogP contribution in [0.25, 0.3) is 0 Å². The van der Waals surface area contributed by atoms with Gasteiger partial charge in [0.05, 0.1) is 17.3 Å². The summed E-state index contributed by atoms with van der Waals surface area (Å²) in [6.07, 6.45) is 8.26. The van der Waals surface area contributed by atoms with Crippen molar-refractivity contribution in [3.8, 4) is 0 Å². The summed E-state index contributed by atoms with van der Waals surface area (Å²) in [6.45, 7) is 12.0. The summed E-state index contributed by atoms with van der Waals surface area (Å²) in [7, 11) is -3.39. The van der Waals surface area contributed by atoms with Crippen LogP contribution in [-0.4, -0.2) is 91.6 Å². The summed E-state index contributed by atoms with van der Waals surface area (Å²) in [5, 5.41) is 11.2. The third-order valence-corrected chi connectivity index (χ3v) is 10.7. The van der Waals surface area contributed by atoms with E-state index < -0.39 is 68.5 Å². The van der Waals surface area contributed by atoms with Crippen molar-refractivity contribution in [3.63, 3.8) is 0 Å². The average molecular weight is 668 g/mol. The van der Waals surface area contributed by atoms with Crippen LogP contribution < -0.4 is 21.3 Å². The fourth-order valence-corrected chi connectivity index (χ4v) is 8.38. The van der Waals surface area contributed by atoms with Crippen molar-refractivity contribution in [2.45, 2.75) is 129 Å². The van der Waals surface area contributed by atoms with Gasteiger partial charge in [-0.2, -0.15) is 0 Å². The number of carbonyl (C=O) groups is 5. The average Bonchev–Trinajstić information content (AvgIpc) is 3.65. The lowest BCUT2D eigenvalue weighted by Crippen LogP contribution is -2.63. The highest BCUT2D eigenvalue weighted by atomic mass is 32.2. The van der Waals surface area contributed by atoms with Crippen LogP contribution >= 0.6 is 0 Å². The van der Waals surface area contributed by atoms with Gasteiger partial charge in [-0.1, -0.05) is 73.6 Å². The second-order valence-corrected chi connectivity index (χ2v) is 17.5. The Morgan fingerprint density at radius 3 is 2.11 bits per heavy atom. The molecule has 0 aromatic rings. The molecule has 262 valence electrons. The number of nitrogens with one attached hydrogen (secondary N) is 4. The molecule has 1 aliphatic heterocycles. The summed E-state index contributed by atoms with van der Waals surface area (Å²) >= 11 is 0. The topological polar surface area (TPSA) is 171 Å². The molecule has 3 fully saturated rings. The van der Waals surface area contributed by atoms with E-state index in [4.69, 9.17) is 0 Å². The summed E-state index contributed by atoms with van der Waals surface area (Å²) < 4.78 is 24.6. The van der Waals surface area contributed by atoms with Gasteiger partial charge in [0.2, 0.25) is 17.6 Å². The van der Waals surface area contributed by atoms with Crippen molar-refractivity contribution in [3.05, 3.63) is 0 Å². The molecule has 46 heavy (non-hydrogen) atoms. The number of carbonyl (C=O) groups excluding carboxylic acids is 5. The molecule has 4 atom stereocenters. The maximum Gasteiger partial charge on any atom is 0.315 e. The lowest BCUT2D eigenvalue weighted by molar-refractivity contribution is -0.145. The van der Waals surface area contributed by atoms with E-state index in [-0.39, 0.29) is 23.5 Å². The molecule has 2 aliphatic carbocycles. The predicted octanol–water partition coefficient (Wildman–Crippen LogP) is 2.70. The highest BCUT2D eigenvalue weighted by molar-refractivity contribution is 7.90. The SMILES string of the molecule is CCCNC(=O)C(=O)C(CC1CC1)NC(=O)[C@@H]1C(C(C)C)CCN1C(=O)[C@@H](NC(=O)NC1(CS(C)(=O)=O)CCCCC1)C(C)(C)C. The van der Waals surface area contributed by atoms with Gasteiger partial charge in [-0.15, -0.1) is 0 Å². The molecule has 3 aliphatic rings. The van der Waals surface area contributed by atoms with E-state index in [0.29, 0.717) is 45.2 Å². The molecule has 13 heteroatoms. The Morgan fingerprint density at radius 1 is 0.957 bits per heavy atom. The summed E-state index contributed by atoms with van der Waals surface area (Å²) in [4.78, 5) is 69.1. The Balaban J connectivity index is 1.84. The van der Waals surface area contributed by atoms with Crippen molar-refractivity contribution in [2.75, 3.05) is 25.1 Å².